The first-order valence-electron chi connectivity index (χ1n) is 7.93. The van der Waals surface area contributed by atoms with Crippen molar-refractivity contribution in [1.82, 2.24) is 0 Å². The molecule has 2 unspecified atom stereocenters. The fraction of sp³-hybridized carbons (Fsp3) is 0.0952. The van der Waals surface area contributed by atoms with Gasteiger partial charge in [0.15, 0.2) is 0 Å². The van der Waals surface area contributed by atoms with Crippen LogP contribution in [0.4, 0.5) is 10.1 Å². The highest BCUT2D eigenvalue weighted by Crippen LogP contribution is 2.43. The van der Waals surface area contributed by atoms with Gasteiger partial charge in [-0.25, -0.2) is 4.39 Å². The van der Waals surface area contributed by atoms with Gasteiger partial charge in [-0.2, -0.15) is 0 Å². The van der Waals surface area contributed by atoms with Crippen LogP contribution in [-0.4, -0.2) is 6.29 Å². The van der Waals surface area contributed by atoms with E-state index in [1.807, 2.05) is 60.7 Å². The summed E-state index contributed by atoms with van der Waals surface area (Å²) < 4.78 is 14.6. The average Bonchev–Trinajstić information content (AvgIpc) is 3.01. The minimum absolute atomic E-state index is 0.237. The van der Waals surface area contributed by atoms with Crippen LogP contribution in [0.15, 0.2) is 72.8 Å². The van der Waals surface area contributed by atoms with E-state index in [4.69, 9.17) is 0 Å². The van der Waals surface area contributed by atoms with Crippen molar-refractivity contribution in [1.29, 1.82) is 0 Å². The van der Waals surface area contributed by atoms with Gasteiger partial charge in [0.2, 0.25) is 0 Å². The minimum Gasteiger partial charge on any atom is -0.377 e. The number of hydrogen-bond acceptors (Lipinski definition) is 2. The molecule has 2 atom stereocenters. The molecule has 3 aromatic rings. The van der Waals surface area contributed by atoms with Crippen LogP contribution in [0.25, 0.3) is 11.1 Å². The molecule has 0 aliphatic carbocycles. The number of anilines is 1. The monoisotopic (exact) mass is 317 g/mol. The summed E-state index contributed by atoms with van der Waals surface area (Å²) in [5.74, 6) is -0.579. The fourth-order valence-electron chi connectivity index (χ4n) is 3.38. The van der Waals surface area contributed by atoms with Crippen LogP contribution in [-0.2, 0) is 4.79 Å². The lowest BCUT2D eigenvalue weighted by Gasteiger charge is -2.17. The predicted octanol–water partition coefficient (Wildman–Crippen LogP) is 4.94. The van der Waals surface area contributed by atoms with Gasteiger partial charge in [-0.3, -0.25) is 0 Å². The Hall–Kier alpha value is -2.94. The molecule has 2 nitrogen and oxygen atoms in total. The minimum atomic E-state index is -0.303. The van der Waals surface area contributed by atoms with Crippen molar-refractivity contribution in [3.05, 3.63) is 89.7 Å². The predicted molar refractivity (Wildman–Crippen MR) is 93.4 cm³/mol. The summed E-state index contributed by atoms with van der Waals surface area (Å²) >= 11 is 0. The standard InChI is InChI=1S/C21H16FNO/c22-19-12-15(10-11-16(19)14-6-2-1-3-7-14)21-18(13-24)17-8-4-5-9-20(17)23-21/h1-13,18,21,23H. The molecule has 1 aliphatic heterocycles. The number of carbonyl (C=O) groups is 1. The Balaban J connectivity index is 1.71. The van der Waals surface area contributed by atoms with E-state index in [1.54, 1.807) is 6.07 Å². The lowest BCUT2D eigenvalue weighted by Crippen LogP contribution is -2.13. The first-order valence-corrected chi connectivity index (χ1v) is 7.93. The van der Waals surface area contributed by atoms with E-state index in [-0.39, 0.29) is 17.8 Å². The van der Waals surface area contributed by atoms with Crippen molar-refractivity contribution < 1.29 is 9.18 Å². The molecular formula is C21H16FNO. The summed E-state index contributed by atoms with van der Waals surface area (Å²) in [5, 5.41) is 3.34. The molecule has 1 heterocycles. The maximum atomic E-state index is 14.6. The zero-order valence-electron chi connectivity index (χ0n) is 12.9. The SMILES string of the molecule is O=CC1c2ccccc2NC1c1ccc(-c2ccccc2)c(F)c1. The summed E-state index contributed by atoms with van der Waals surface area (Å²) in [7, 11) is 0. The maximum absolute atomic E-state index is 14.6. The molecule has 0 fully saturated rings. The van der Waals surface area contributed by atoms with Gasteiger partial charge in [0.1, 0.15) is 12.1 Å². The molecule has 0 amide bonds. The summed E-state index contributed by atoms with van der Waals surface area (Å²) in [6, 6.07) is 22.2. The van der Waals surface area contributed by atoms with Gasteiger partial charge in [0, 0.05) is 11.3 Å². The van der Waals surface area contributed by atoms with E-state index in [0.717, 1.165) is 28.7 Å². The molecule has 24 heavy (non-hydrogen) atoms. The van der Waals surface area contributed by atoms with E-state index in [1.165, 1.54) is 6.07 Å². The Morgan fingerprint density at radius 3 is 2.42 bits per heavy atom. The molecule has 0 saturated carbocycles. The third-order valence-electron chi connectivity index (χ3n) is 4.57. The van der Waals surface area contributed by atoms with Gasteiger partial charge in [-0.1, -0.05) is 60.7 Å². The molecule has 3 heteroatoms. The zero-order valence-corrected chi connectivity index (χ0v) is 12.9. The van der Waals surface area contributed by atoms with Crippen LogP contribution in [0.3, 0.4) is 0 Å². The number of halogens is 1. The molecule has 1 aliphatic rings. The van der Waals surface area contributed by atoms with Gasteiger partial charge < -0.3 is 10.1 Å². The largest absolute Gasteiger partial charge is 0.377 e. The number of rotatable bonds is 3. The second kappa shape index (κ2) is 5.93. The highest BCUT2D eigenvalue weighted by molar-refractivity contribution is 5.76. The first-order chi connectivity index (χ1) is 11.8. The Bertz CT molecular complexity index is 891. The van der Waals surface area contributed by atoms with Gasteiger partial charge in [-0.05, 0) is 28.8 Å². The van der Waals surface area contributed by atoms with Crippen LogP contribution >= 0.6 is 0 Å². The number of aldehydes is 1. The van der Waals surface area contributed by atoms with Crippen LogP contribution in [0.2, 0.25) is 0 Å². The van der Waals surface area contributed by atoms with Gasteiger partial charge in [0.25, 0.3) is 0 Å². The van der Waals surface area contributed by atoms with Crippen LogP contribution < -0.4 is 5.32 Å². The zero-order chi connectivity index (χ0) is 16.5. The van der Waals surface area contributed by atoms with Gasteiger partial charge >= 0.3 is 0 Å². The van der Waals surface area contributed by atoms with Crippen molar-refractivity contribution in [3.63, 3.8) is 0 Å². The fourth-order valence-corrected chi connectivity index (χ4v) is 3.38. The Morgan fingerprint density at radius 2 is 1.67 bits per heavy atom. The van der Waals surface area contributed by atoms with E-state index < -0.39 is 0 Å². The molecule has 1 N–H and O–H groups in total. The highest BCUT2D eigenvalue weighted by Gasteiger charge is 2.33. The molecule has 0 aromatic heterocycles. The molecule has 4 rings (SSSR count). The molecule has 0 spiro atoms. The van der Waals surface area contributed by atoms with E-state index in [0.29, 0.717) is 5.56 Å². The smallest absolute Gasteiger partial charge is 0.131 e. The number of para-hydroxylation sites is 1. The number of carbonyl (C=O) groups excluding carboxylic acids is 1. The number of nitrogens with one attached hydrogen (secondary N) is 1. The Labute approximate surface area is 140 Å². The number of hydrogen-bond donors (Lipinski definition) is 1. The third-order valence-corrected chi connectivity index (χ3v) is 4.57. The van der Waals surface area contributed by atoms with Gasteiger partial charge in [-0.15, -0.1) is 0 Å². The van der Waals surface area contributed by atoms with Crippen LogP contribution in [0, 0.1) is 5.82 Å². The Kier molecular flexibility index (Phi) is 3.62. The van der Waals surface area contributed by atoms with Crippen molar-refractivity contribution in [3.8, 4) is 11.1 Å². The lowest BCUT2D eigenvalue weighted by atomic mass is 9.90. The maximum Gasteiger partial charge on any atom is 0.131 e. The second-order valence-electron chi connectivity index (χ2n) is 5.98. The molecular weight excluding hydrogens is 301 g/mol. The molecule has 118 valence electrons. The van der Waals surface area contributed by atoms with E-state index in [2.05, 4.69) is 5.32 Å². The third kappa shape index (κ3) is 2.38. The van der Waals surface area contributed by atoms with Crippen molar-refractivity contribution in [2.75, 3.05) is 5.32 Å². The van der Waals surface area contributed by atoms with Crippen molar-refractivity contribution in [2.24, 2.45) is 0 Å². The topological polar surface area (TPSA) is 29.1 Å². The average molecular weight is 317 g/mol. The molecule has 0 radical (unpaired) electrons. The van der Waals surface area contributed by atoms with Crippen molar-refractivity contribution >= 4 is 12.0 Å². The first kappa shape index (κ1) is 14.6. The summed E-state index contributed by atoms with van der Waals surface area (Å²) in [6.45, 7) is 0. The summed E-state index contributed by atoms with van der Waals surface area (Å²) in [4.78, 5) is 11.6. The van der Waals surface area contributed by atoms with Crippen LogP contribution in [0.1, 0.15) is 23.1 Å². The van der Waals surface area contributed by atoms with E-state index in [9.17, 15) is 9.18 Å². The van der Waals surface area contributed by atoms with Crippen LogP contribution in [0.5, 0.6) is 0 Å². The highest BCUT2D eigenvalue weighted by atomic mass is 19.1. The molecule has 3 aromatic carbocycles. The quantitative estimate of drug-likeness (QED) is 0.693. The molecule has 0 bridgehead atoms. The normalized spacial score (nSPS) is 18.7. The van der Waals surface area contributed by atoms with Gasteiger partial charge in [0.05, 0.1) is 12.0 Å². The number of benzene rings is 3. The summed E-state index contributed by atoms with van der Waals surface area (Å²) in [6.07, 6.45) is 0.937. The van der Waals surface area contributed by atoms with Crippen molar-refractivity contribution in [2.45, 2.75) is 12.0 Å². The number of fused-ring (bicyclic) bond motifs is 1. The lowest BCUT2D eigenvalue weighted by molar-refractivity contribution is -0.109. The Morgan fingerprint density at radius 1 is 0.917 bits per heavy atom. The summed E-state index contributed by atoms with van der Waals surface area (Å²) in [5.41, 5.74) is 4.09. The molecule has 0 saturated heterocycles. The van der Waals surface area contributed by atoms with E-state index >= 15 is 0 Å². The second-order valence-corrected chi connectivity index (χ2v) is 5.98.